The van der Waals surface area contributed by atoms with E-state index >= 15 is 0 Å². The Balaban J connectivity index is 0. The second-order valence-corrected chi connectivity index (χ2v) is 0. The van der Waals surface area contributed by atoms with Crippen molar-refractivity contribution in [3.8, 4) is 0 Å². The summed E-state index contributed by atoms with van der Waals surface area (Å²) < 4.78 is 0. The molecule has 0 bridgehead atoms. The van der Waals surface area contributed by atoms with Gasteiger partial charge in [0.25, 0.3) is 0 Å². The third-order valence-corrected chi connectivity index (χ3v) is 0. The third-order valence-electron chi connectivity index (χ3n) is 0. The summed E-state index contributed by atoms with van der Waals surface area (Å²) in [4.78, 5) is 0. The third kappa shape index (κ3) is 466. The van der Waals surface area contributed by atoms with E-state index in [0.29, 0.717) is 0 Å². The molecule has 0 unspecified atom stereocenters. The van der Waals surface area contributed by atoms with Gasteiger partial charge in [0.1, 0.15) is 0 Å². The first-order valence-corrected chi connectivity index (χ1v) is 0. The van der Waals surface area contributed by atoms with E-state index in [1.54, 1.807) is 0 Å². The summed E-state index contributed by atoms with van der Waals surface area (Å²) in [6, 6.07) is 0. The Labute approximate surface area is 48.6 Å². The van der Waals surface area contributed by atoms with Crippen molar-refractivity contribution >= 4 is 0 Å². The smallest absolute Gasteiger partial charge is 0 e. The second-order valence-electron chi connectivity index (χ2n) is 0. The van der Waals surface area contributed by atoms with Crippen LogP contribution in [0.3, 0.4) is 0 Å². The predicted molar refractivity (Wildman–Crippen MR) is 26.4 cm³/mol. The van der Waals surface area contributed by atoms with Crippen molar-refractivity contribution in [2.45, 2.75) is 0 Å². The van der Waals surface area contributed by atoms with Gasteiger partial charge in [0.2, 0.25) is 0 Å². The molecule has 0 atom stereocenters. The molecule has 1 radical (unpaired) electrons. The zero-order valence-electron chi connectivity index (χ0n) is 3.19. The molecular formula is H10CuN5-5. The summed E-state index contributed by atoms with van der Waals surface area (Å²) in [5.41, 5.74) is 0. The van der Waals surface area contributed by atoms with E-state index in [4.69, 9.17) is 0 Å². The minimum atomic E-state index is 0. The van der Waals surface area contributed by atoms with Gasteiger partial charge >= 0.3 is 0 Å². The van der Waals surface area contributed by atoms with Crippen LogP contribution in [0.5, 0.6) is 0 Å². The molecule has 0 spiro atoms. The molecule has 0 heterocycles. The normalized spacial score (nSPS) is 0. The second kappa shape index (κ2) is 972. The molecule has 0 aromatic heterocycles. The van der Waals surface area contributed by atoms with E-state index in [1.807, 2.05) is 0 Å². The van der Waals surface area contributed by atoms with Crippen molar-refractivity contribution in [3.63, 3.8) is 0 Å². The van der Waals surface area contributed by atoms with Crippen LogP contribution in [-0.2, 0) is 17.1 Å². The van der Waals surface area contributed by atoms with Crippen LogP contribution in [-0.4, -0.2) is 0 Å². The SMILES string of the molecule is [Cu].[NH2-].[NH2-].[NH2-].[NH2-].[NH2-]. The van der Waals surface area contributed by atoms with E-state index in [0.717, 1.165) is 0 Å². The maximum Gasteiger partial charge on any atom is 0 e. The molecule has 6 heteroatoms. The van der Waals surface area contributed by atoms with E-state index in [2.05, 4.69) is 0 Å². The molecule has 0 amide bonds. The van der Waals surface area contributed by atoms with Crippen LogP contribution in [0.4, 0.5) is 0 Å². The van der Waals surface area contributed by atoms with Crippen molar-refractivity contribution in [2.75, 3.05) is 0 Å². The number of hydrogen-bond donors (Lipinski definition) is 0. The van der Waals surface area contributed by atoms with Gasteiger partial charge in [0.15, 0.2) is 0 Å². The Bertz CT molecular complexity index is 3.90. The van der Waals surface area contributed by atoms with Gasteiger partial charge in [-0.25, -0.2) is 0 Å². The van der Waals surface area contributed by atoms with E-state index < -0.39 is 0 Å². The van der Waals surface area contributed by atoms with Crippen LogP contribution < -0.4 is 0 Å². The summed E-state index contributed by atoms with van der Waals surface area (Å²) in [7, 11) is 0. The summed E-state index contributed by atoms with van der Waals surface area (Å²) in [5, 5.41) is 0. The molecule has 0 saturated carbocycles. The fourth-order valence-corrected chi connectivity index (χ4v) is 0. The quantitative estimate of drug-likeness (QED) is 0.452. The van der Waals surface area contributed by atoms with E-state index in [-0.39, 0.29) is 47.8 Å². The summed E-state index contributed by atoms with van der Waals surface area (Å²) >= 11 is 0. The molecule has 0 saturated heterocycles. The molecule has 0 aliphatic heterocycles. The van der Waals surface area contributed by atoms with Crippen LogP contribution in [0.2, 0.25) is 0 Å². The minimum absolute atomic E-state index is 0. The molecule has 0 fully saturated rings. The first-order chi connectivity index (χ1) is 0. The van der Waals surface area contributed by atoms with Crippen molar-refractivity contribution in [1.29, 1.82) is 0 Å². The van der Waals surface area contributed by atoms with E-state index in [1.165, 1.54) is 0 Å². The van der Waals surface area contributed by atoms with Crippen molar-refractivity contribution in [2.24, 2.45) is 0 Å². The molecule has 0 aliphatic rings. The first-order valence-electron chi connectivity index (χ1n) is 0. The molecule has 5 nitrogen and oxygen atoms in total. The van der Waals surface area contributed by atoms with E-state index in [9.17, 15) is 0 Å². The maximum atomic E-state index is 0. The van der Waals surface area contributed by atoms with Crippen molar-refractivity contribution in [1.82, 2.24) is 0 Å². The standard InChI is InChI=1S/Cu.5H2N/h;5*1H2/q;5*-1. The molecule has 0 aliphatic carbocycles. The fraction of sp³-hybridized carbons (Fsp3) is 0. The molecule has 6 heavy (non-hydrogen) atoms. The summed E-state index contributed by atoms with van der Waals surface area (Å²) in [6.45, 7) is 0. The van der Waals surface area contributed by atoms with Gasteiger partial charge in [-0.15, -0.1) is 0 Å². The van der Waals surface area contributed by atoms with Gasteiger partial charge in [-0.2, -0.15) is 0 Å². The van der Waals surface area contributed by atoms with Crippen LogP contribution in [0.15, 0.2) is 0 Å². The zero-order chi connectivity index (χ0) is 0. The van der Waals surface area contributed by atoms with Crippen molar-refractivity contribution < 1.29 is 17.1 Å². The molecular weight excluding hydrogens is 134 g/mol. The van der Waals surface area contributed by atoms with Crippen LogP contribution in [0.25, 0.3) is 30.8 Å². The fourth-order valence-electron chi connectivity index (χ4n) is 0. The first kappa shape index (κ1) is 1750. The molecule has 0 aromatic rings. The van der Waals surface area contributed by atoms with Crippen LogP contribution >= 0.6 is 0 Å². The Hall–Kier alpha value is 0.319. The molecule has 10 N–H and O–H groups in total. The minimum Gasteiger partial charge on any atom is -0.693 e. The predicted octanol–water partition coefficient (Wildman–Crippen LogP) is 3.58. The van der Waals surface area contributed by atoms with Crippen LogP contribution in [0, 0.1) is 0 Å². The number of nitrogens with two attached hydrogens (primary N) is 5. The van der Waals surface area contributed by atoms with Gasteiger partial charge in [0, 0.05) is 17.1 Å². The van der Waals surface area contributed by atoms with Gasteiger partial charge in [0.05, 0.1) is 0 Å². The van der Waals surface area contributed by atoms with Gasteiger partial charge in [-0.05, 0) is 0 Å². The average molecular weight is 144 g/mol. The van der Waals surface area contributed by atoms with Crippen molar-refractivity contribution in [3.05, 3.63) is 30.8 Å². The number of hydrogen-bond acceptors (Lipinski definition) is 0. The Morgan fingerprint density at radius 1 is 0.333 bits per heavy atom. The average Bonchev–Trinajstić information content (AvgIpc) is 0. The van der Waals surface area contributed by atoms with Gasteiger partial charge in [-0.1, -0.05) is 0 Å². The topological polar surface area (TPSA) is 168 Å². The molecule has 0 rings (SSSR count). The van der Waals surface area contributed by atoms with Gasteiger partial charge in [-0.3, -0.25) is 0 Å². The Morgan fingerprint density at radius 3 is 0.333 bits per heavy atom. The largest absolute Gasteiger partial charge is 0.693 e. The van der Waals surface area contributed by atoms with Gasteiger partial charge < -0.3 is 30.8 Å². The van der Waals surface area contributed by atoms with Crippen LogP contribution in [0.1, 0.15) is 0 Å². The zero-order valence-corrected chi connectivity index (χ0v) is 4.13. The maximum absolute atomic E-state index is 0. The number of rotatable bonds is 0. The summed E-state index contributed by atoms with van der Waals surface area (Å²) in [6.07, 6.45) is 0. The summed E-state index contributed by atoms with van der Waals surface area (Å²) in [5.74, 6) is 0. The monoisotopic (exact) mass is 143 g/mol. The Kier molecular flexibility index (Phi) is 284000. The molecule has 0 aromatic carbocycles. The Morgan fingerprint density at radius 2 is 0.333 bits per heavy atom. The molecule has 51 valence electrons.